The molecule has 0 aliphatic rings. The molecule has 30 heavy (non-hydrogen) atoms. The van der Waals surface area contributed by atoms with E-state index < -0.39 is 17.6 Å². The van der Waals surface area contributed by atoms with Crippen molar-refractivity contribution in [3.8, 4) is 5.69 Å². The zero-order chi connectivity index (χ0) is 21.9. The molecule has 1 aromatic heterocycles. The van der Waals surface area contributed by atoms with E-state index in [1.165, 1.54) is 18.2 Å². The average Bonchev–Trinajstić information content (AvgIpc) is 3.11. The van der Waals surface area contributed by atoms with Gasteiger partial charge in [0.1, 0.15) is 11.6 Å². The highest BCUT2D eigenvalue weighted by Crippen LogP contribution is 2.30. The number of nitrogens with one attached hydrogen (secondary N) is 1. The molecule has 8 heteroatoms. The van der Waals surface area contributed by atoms with E-state index in [2.05, 4.69) is 10.3 Å². The minimum Gasteiger partial charge on any atom is -0.352 e. The number of aryl methyl sites for hydroxylation is 1. The summed E-state index contributed by atoms with van der Waals surface area (Å²) in [6.07, 6.45) is -1.03. The van der Waals surface area contributed by atoms with Crippen LogP contribution in [0.3, 0.4) is 0 Å². The molecule has 3 aromatic rings. The maximum atomic E-state index is 14.4. The molecule has 158 valence electrons. The maximum Gasteiger partial charge on any atom is 0.416 e. The first kappa shape index (κ1) is 21.5. The minimum atomic E-state index is -4.39. The molecule has 1 unspecified atom stereocenters. The lowest BCUT2D eigenvalue weighted by Crippen LogP contribution is -2.24. The zero-order valence-corrected chi connectivity index (χ0v) is 16.5. The molecule has 1 heterocycles. The Bertz CT molecular complexity index is 1030. The zero-order valence-electron chi connectivity index (χ0n) is 16.5. The normalized spacial score (nSPS) is 12.6. The number of amides is 1. The molecule has 0 spiro atoms. The van der Waals surface area contributed by atoms with Crippen molar-refractivity contribution in [1.29, 1.82) is 0 Å². The number of halogens is 4. The Morgan fingerprint density at radius 1 is 1.17 bits per heavy atom. The monoisotopic (exact) mass is 419 g/mol. The molecule has 3 rings (SSSR count). The van der Waals surface area contributed by atoms with E-state index in [-0.39, 0.29) is 24.8 Å². The predicted octanol–water partition coefficient (Wildman–Crippen LogP) is 5.15. The second-order valence-electron chi connectivity index (χ2n) is 7.13. The van der Waals surface area contributed by atoms with E-state index in [0.717, 1.165) is 12.1 Å². The topological polar surface area (TPSA) is 46.9 Å². The van der Waals surface area contributed by atoms with E-state index in [0.29, 0.717) is 22.6 Å². The first-order valence-corrected chi connectivity index (χ1v) is 9.37. The van der Waals surface area contributed by atoms with Gasteiger partial charge in [-0.05, 0) is 48.2 Å². The van der Waals surface area contributed by atoms with Crippen LogP contribution < -0.4 is 5.32 Å². The van der Waals surface area contributed by atoms with E-state index in [4.69, 9.17) is 0 Å². The van der Waals surface area contributed by atoms with Gasteiger partial charge in [0, 0.05) is 25.4 Å². The Balaban J connectivity index is 1.56. The molecule has 0 aliphatic carbocycles. The fraction of sp³-hybridized carbons (Fsp3) is 0.273. The van der Waals surface area contributed by atoms with E-state index in [1.807, 2.05) is 0 Å². The molecule has 0 fully saturated rings. The van der Waals surface area contributed by atoms with Crippen LogP contribution in [0.5, 0.6) is 0 Å². The van der Waals surface area contributed by atoms with Gasteiger partial charge >= 0.3 is 6.18 Å². The van der Waals surface area contributed by atoms with Crippen LogP contribution in [0, 0.1) is 12.7 Å². The summed E-state index contributed by atoms with van der Waals surface area (Å²) in [6.45, 7) is 3.69. The second-order valence-corrected chi connectivity index (χ2v) is 7.13. The Hall–Kier alpha value is -3.16. The summed E-state index contributed by atoms with van der Waals surface area (Å²) in [5.74, 6) is -0.291. The Morgan fingerprint density at radius 3 is 2.43 bits per heavy atom. The first-order chi connectivity index (χ1) is 14.1. The van der Waals surface area contributed by atoms with Crippen molar-refractivity contribution in [3.05, 3.63) is 83.2 Å². The number of alkyl halides is 3. The van der Waals surface area contributed by atoms with Crippen molar-refractivity contribution in [2.45, 2.75) is 38.9 Å². The summed E-state index contributed by atoms with van der Waals surface area (Å²) in [6, 6.07) is 9.48. The van der Waals surface area contributed by atoms with Crippen molar-refractivity contribution < 1.29 is 22.4 Å². The van der Waals surface area contributed by atoms with Crippen LogP contribution in [0.15, 0.2) is 54.9 Å². The SMILES string of the molecule is Cc1nccn1-c1ccc(CNC(=O)CC(C)c2ccc(C(F)(F)F)cc2)cc1F. The number of carbonyl (C=O) groups excluding carboxylic acids is 1. The van der Waals surface area contributed by atoms with Gasteiger partial charge in [-0.3, -0.25) is 4.79 Å². The predicted molar refractivity (Wildman–Crippen MR) is 105 cm³/mol. The summed E-state index contributed by atoms with van der Waals surface area (Å²) in [5.41, 5.74) is 0.893. The first-order valence-electron chi connectivity index (χ1n) is 9.37. The van der Waals surface area contributed by atoms with Gasteiger partial charge in [0.25, 0.3) is 0 Å². The highest BCUT2D eigenvalue weighted by atomic mass is 19.4. The van der Waals surface area contributed by atoms with Crippen LogP contribution in [-0.4, -0.2) is 15.5 Å². The van der Waals surface area contributed by atoms with E-state index in [1.54, 1.807) is 42.9 Å². The van der Waals surface area contributed by atoms with Crippen LogP contribution in [0.4, 0.5) is 17.6 Å². The van der Waals surface area contributed by atoms with Crippen molar-refractivity contribution in [1.82, 2.24) is 14.9 Å². The lowest BCUT2D eigenvalue weighted by atomic mass is 9.96. The van der Waals surface area contributed by atoms with Crippen LogP contribution in [-0.2, 0) is 17.5 Å². The fourth-order valence-corrected chi connectivity index (χ4v) is 3.16. The average molecular weight is 419 g/mol. The minimum absolute atomic E-state index is 0.111. The number of hydrogen-bond donors (Lipinski definition) is 1. The number of hydrogen-bond acceptors (Lipinski definition) is 2. The lowest BCUT2D eigenvalue weighted by Gasteiger charge is -2.14. The van der Waals surface area contributed by atoms with Gasteiger partial charge in [0.05, 0.1) is 11.3 Å². The summed E-state index contributed by atoms with van der Waals surface area (Å²) in [5, 5.41) is 2.72. The molecule has 0 aliphatic heterocycles. The number of imidazole rings is 1. The third-order valence-electron chi connectivity index (χ3n) is 4.89. The summed E-state index contributed by atoms with van der Waals surface area (Å²) in [4.78, 5) is 16.3. The number of nitrogens with zero attached hydrogens (tertiary/aromatic N) is 2. The molecular weight excluding hydrogens is 398 g/mol. The Labute approximate surface area is 171 Å². The molecule has 1 atom stereocenters. The highest BCUT2D eigenvalue weighted by molar-refractivity contribution is 5.76. The lowest BCUT2D eigenvalue weighted by molar-refractivity contribution is -0.137. The fourth-order valence-electron chi connectivity index (χ4n) is 3.16. The molecule has 0 radical (unpaired) electrons. The van der Waals surface area contributed by atoms with Crippen LogP contribution in [0.1, 0.15) is 41.8 Å². The van der Waals surface area contributed by atoms with Gasteiger partial charge in [-0.25, -0.2) is 9.37 Å². The third-order valence-corrected chi connectivity index (χ3v) is 4.89. The van der Waals surface area contributed by atoms with Crippen molar-refractivity contribution in [2.24, 2.45) is 0 Å². The van der Waals surface area contributed by atoms with E-state index in [9.17, 15) is 22.4 Å². The van der Waals surface area contributed by atoms with Gasteiger partial charge in [-0.15, -0.1) is 0 Å². The molecule has 4 nitrogen and oxygen atoms in total. The second kappa shape index (κ2) is 8.69. The van der Waals surface area contributed by atoms with Gasteiger partial charge in [-0.1, -0.05) is 25.1 Å². The third kappa shape index (κ3) is 5.06. The number of benzene rings is 2. The molecule has 0 bridgehead atoms. The summed E-state index contributed by atoms with van der Waals surface area (Å²) in [7, 11) is 0. The van der Waals surface area contributed by atoms with Crippen molar-refractivity contribution in [3.63, 3.8) is 0 Å². The smallest absolute Gasteiger partial charge is 0.352 e. The number of rotatable bonds is 6. The van der Waals surface area contributed by atoms with Crippen LogP contribution >= 0.6 is 0 Å². The maximum absolute atomic E-state index is 14.4. The van der Waals surface area contributed by atoms with Crippen molar-refractivity contribution in [2.75, 3.05) is 0 Å². The largest absolute Gasteiger partial charge is 0.416 e. The van der Waals surface area contributed by atoms with E-state index >= 15 is 0 Å². The summed E-state index contributed by atoms with van der Waals surface area (Å²) >= 11 is 0. The molecule has 0 saturated heterocycles. The Morgan fingerprint density at radius 2 is 1.87 bits per heavy atom. The van der Waals surface area contributed by atoms with Gasteiger partial charge in [0.15, 0.2) is 0 Å². The standard InChI is InChI=1S/C22H21F4N3O/c1-14(17-4-6-18(7-5-17)22(24,25)26)11-21(30)28-13-16-3-8-20(19(23)12-16)29-10-9-27-15(29)2/h3-10,12,14H,11,13H2,1-2H3,(H,28,30). The quantitative estimate of drug-likeness (QED) is 0.562. The molecule has 1 amide bonds. The molecule has 2 aromatic carbocycles. The Kier molecular flexibility index (Phi) is 6.24. The van der Waals surface area contributed by atoms with Gasteiger partial charge < -0.3 is 9.88 Å². The van der Waals surface area contributed by atoms with Crippen LogP contribution in [0.2, 0.25) is 0 Å². The molecule has 1 N–H and O–H groups in total. The highest BCUT2D eigenvalue weighted by Gasteiger charge is 2.30. The molecular formula is C22H21F4N3O. The number of carbonyl (C=O) groups is 1. The van der Waals surface area contributed by atoms with Gasteiger partial charge in [-0.2, -0.15) is 13.2 Å². The van der Waals surface area contributed by atoms with Crippen LogP contribution in [0.25, 0.3) is 5.69 Å². The summed E-state index contributed by atoms with van der Waals surface area (Å²) < 4.78 is 54.0. The number of aromatic nitrogens is 2. The molecule has 0 saturated carbocycles. The van der Waals surface area contributed by atoms with Gasteiger partial charge in [0.2, 0.25) is 5.91 Å². The van der Waals surface area contributed by atoms with Crippen molar-refractivity contribution >= 4 is 5.91 Å².